The van der Waals surface area contributed by atoms with Gasteiger partial charge in [0.25, 0.3) is 0 Å². The number of H-pyrrole nitrogens is 1. The van der Waals surface area contributed by atoms with E-state index in [-0.39, 0.29) is 5.41 Å². The van der Waals surface area contributed by atoms with Crippen LogP contribution in [-0.2, 0) is 19.4 Å². The molecule has 0 radical (unpaired) electrons. The van der Waals surface area contributed by atoms with Gasteiger partial charge in [-0.25, -0.2) is 9.97 Å². The average Bonchev–Trinajstić information content (AvgIpc) is 3.08. The molecule has 0 saturated carbocycles. The van der Waals surface area contributed by atoms with Crippen LogP contribution in [0.15, 0.2) is 30.5 Å². The van der Waals surface area contributed by atoms with E-state index in [1.807, 2.05) is 18.2 Å². The van der Waals surface area contributed by atoms with Crippen LogP contribution in [0.5, 0.6) is 5.88 Å². The standard InChI is InChI=1S/C21H24FN5O/c1-21(2)6-4-15-16(11-21)26-27-20(15)14-9-17(22)25-18(10-14)24-12-13-5-7-23-19(8-13)28-3/h5,7-10H,4,6,11-12H2,1-3H3,(H,24,25)(H,26,27). The molecular formula is C21H24FN5O. The van der Waals surface area contributed by atoms with Gasteiger partial charge in [-0.05, 0) is 42.4 Å². The minimum absolute atomic E-state index is 0.263. The molecule has 0 unspecified atom stereocenters. The molecule has 0 atom stereocenters. The fourth-order valence-electron chi connectivity index (χ4n) is 3.67. The lowest BCUT2D eigenvalue weighted by molar-refractivity contribution is 0.312. The smallest absolute Gasteiger partial charge is 0.215 e. The monoisotopic (exact) mass is 381 g/mol. The van der Waals surface area contributed by atoms with Crippen molar-refractivity contribution in [1.82, 2.24) is 20.2 Å². The molecule has 2 N–H and O–H groups in total. The molecule has 0 saturated heterocycles. The SMILES string of the molecule is COc1cc(CNc2cc(-c3n[nH]c4c3CCC(C)(C)C4)cc(F)n2)ccn1. The number of anilines is 1. The Bertz CT molecular complexity index is 998. The van der Waals surface area contributed by atoms with Crippen LogP contribution in [-0.4, -0.2) is 27.3 Å². The van der Waals surface area contributed by atoms with E-state index < -0.39 is 5.95 Å². The summed E-state index contributed by atoms with van der Waals surface area (Å²) in [4.78, 5) is 8.06. The van der Waals surface area contributed by atoms with Crippen LogP contribution in [0, 0.1) is 11.4 Å². The minimum atomic E-state index is -0.528. The highest BCUT2D eigenvalue weighted by Crippen LogP contribution is 2.38. The second kappa shape index (κ2) is 7.22. The van der Waals surface area contributed by atoms with Crippen LogP contribution in [0.1, 0.15) is 37.1 Å². The summed E-state index contributed by atoms with van der Waals surface area (Å²) in [6.45, 7) is 5.01. The lowest BCUT2D eigenvalue weighted by atomic mass is 9.76. The molecule has 1 aliphatic carbocycles. The Hall–Kier alpha value is -2.96. The molecule has 0 amide bonds. The van der Waals surface area contributed by atoms with Crippen LogP contribution >= 0.6 is 0 Å². The van der Waals surface area contributed by atoms with Crippen molar-refractivity contribution >= 4 is 5.82 Å². The number of methoxy groups -OCH3 is 1. The van der Waals surface area contributed by atoms with Gasteiger partial charge in [0.2, 0.25) is 11.8 Å². The predicted octanol–water partition coefficient (Wildman–Crippen LogP) is 4.14. The second-order valence-corrected chi connectivity index (χ2v) is 7.99. The molecule has 0 aromatic carbocycles. The molecule has 0 aliphatic heterocycles. The van der Waals surface area contributed by atoms with Gasteiger partial charge in [0.05, 0.1) is 12.8 Å². The van der Waals surface area contributed by atoms with Crippen molar-refractivity contribution in [1.29, 1.82) is 0 Å². The molecule has 0 spiro atoms. The van der Waals surface area contributed by atoms with E-state index in [4.69, 9.17) is 4.74 Å². The first-order valence-corrected chi connectivity index (χ1v) is 9.40. The van der Waals surface area contributed by atoms with Crippen molar-refractivity contribution in [2.75, 3.05) is 12.4 Å². The van der Waals surface area contributed by atoms with E-state index in [9.17, 15) is 4.39 Å². The van der Waals surface area contributed by atoms with E-state index in [0.29, 0.717) is 18.2 Å². The molecule has 4 rings (SSSR count). The zero-order valence-corrected chi connectivity index (χ0v) is 16.3. The number of fused-ring (bicyclic) bond motifs is 1. The summed E-state index contributed by atoms with van der Waals surface area (Å²) in [7, 11) is 1.58. The Morgan fingerprint density at radius 1 is 1.29 bits per heavy atom. The highest BCUT2D eigenvalue weighted by Gasteiger charge is 2.29. The van der Waals surface area contributed by atoms with Gasteiger partial charge in [-0.3, -0.25) is 5.10 Å². The topological polar surface area (TPSA) is 75.7 Å². The zero-order chi connectivity index (χ0) is 19.7. The molecule has 7 heteroatoms. The fraction of sp³-hybridized carbons (Fsp3) is 0.381. The molecule has 0 fully saturated rings. The van der Waals surface area contributed by atoms with Gasteiger partial charge in [-0.1, -0.05) is 13.8 Å². The summed E-state index contributed by atoms with van der Waals surface area (Å²) >= 11 is 0. The minimum Gasteiger partial charge on any atom is -0.481 e. The highest BCUT2D eigenvalue weighted by atomic mass is 19.1. The molecule has 0 bridgehead atoms. The van der Waals surface area contributed by atoms with Crippen molar-refractivity contribution in [2.24, 2.45) is 5.41 Å². The third-order valence-corrected chi connectivity index (χ3v) is 5.21. The van der Waals surface area contributed by atoms with Crippen molar-refractivity contribution in [3.8, 4) is 17.1 Å². The number of nitrogens with one attached hydrogen (secondary N) is 2. The fourth-order valence-corrected chi connectivity index (χ4v) is 3.67. The first-order valence-electron chi connectivity index (χ1n) is 9.40. The number of hydrogen-bond acceptors (Lipinski definition) is 5. The van der Waals surface area contributed by atoms with Crippen LogP contribution in [0.2, 0.25) is 0 Å². The Balaban J connectivity index is 1.57. The third-order valence-electron chi connectivity index (χ3n) is 5.21. The van der Waals surface area contributed by atoms with Gasteiger partial charge >= 0.3 is 0 Å². The van der Waals surface area contributed by atoms with Crippen LogP contribution < -0.4 is 10.1 Å². The van der Waals surface area contributed by atoms with Gasteiger partial charge in [0.1, 0.15) is 5.82 Å². The quantitative estimate of drug-likeness (QED) is 0.650. The summed E-state index contributed by atoms with van der Waals surface area (Å²) in [5.74, 6) is 0.483. The number of halogens is 1. The summed E-state index contributed by atoms with van der Waals surface area (Å²) in [5, 5.41) is 10.8. The van der Waals surface area contributed by atoms with E-state index in [2.05, 4.69) is 39.3 Å². The number of aromatic nitrogens is 4. The van der Waals surface area contributed by atoms with Gasteiger partial charge in [0, 0.05) is 41.7 Å². The molecule has 1 aliphatic rings. The highest BCUT2D eigenvalue weighted by molar-refractivity contribution is 5.67. The van der Waals surface area contributed by atoms with Crippen molar-refractivity contribution in [2.45, 2.75) is 39.7 Å². The van der Waals surface area contributed by atoms with Crippen molar-refractivity contribution < 1.29 is 9.13 Å². The Morgan fingerprint density at radius 3 is 2.96 bits per heavy atom. The molecule has 3 heterocycles. The average molecular weight is 381 g/mol. The molecule has 28 heavy (non-hydrogen) atoms. The normalized spacial score (nSPS) is 15.1. The largest absolute Gasteiger partial charge is 0.481 e. The second-order valence-electron chi connectivity index (χ2n) is 7.99. The van der Waals surface area contributed by atoms with Crippen LogP contribution in [0.25, 0.3) is 11.3 Å². The third kappa shape index (κ3) is 3.83. The zero-order valence-electron chi connectivity index (χ0n) is 16.3. The molecule has 6 nitrogen and oxygen atoms in total. The number of rotatable bonds is 5. The van der Waals surface area contributed by atoms with E-state index >= 15 is 0 Å². The Labute approximate surface area is 163 Å². The molecule has 146 valence electrons. The van der Waals surface area contributed by atoms with Gasteiger partial charge in [0.15, 0.2) is 0 Å². The van der Waals surface area contributed by atoms with Crippen LogP contribution in [0.3, 0.4) is 0 Å². The first kappa shape index (κ1) is 18.4. The van der Waals surface area contributed by atoms with E-state index in [1.54, 1.807) is 13.3 Å². The summed E-state index contributed by atoms with van der Waals surface area (Å²) in [5.41, 5.74) is 5.13. The van der Waals surface area contributed by atoms with Crippen LogP contribution in [0.4, 0.5) is 10.2 Å². The lowest BCUT2D eigenvalue weighted by Crippen LogP contribution is -2.21. The number of pyridine rings is 2. The predicted molar refractivity (Wildman–Crippen MR) is 106 cm³/mol. The number of ether oxygens (including phenoxy) is 1. The Kier molecular flexibility index (Phi) is 4.75. The van der Waals surface area contributed by atoms with Gasteiger partial charge < -0.3 is 10.1 Å². The lowest BCUT2D eigenvalue weighted by Gasteiger charge is -2.29. The van der Waals surface area contributed by atoms with E-state index in [1.165, 1.54) is 11.6 Å². The summed E-state index contributed by atoms with van der Waals surface area (Å²) in [6, 6.07) is 7.00. The number of hydrogen-bond donors (Lipinski definition) is 2. The number of aromatic amines is 1. The first-order chi connectivity index (χ1) is 13.4. The van der Waals surface area contributed by atoms with Gasteiger partial charge in [-0.15, -0.1) is 0 Å². The van der Waals surface area contributed by atoms with E-state index in [0.717, 1.165) is 41.8 Å². The maximum Gasteiger partial charge on any atom is 0.215 e. The van der Waals surface area contributed by atoms with Crippen molar-refractivity contribution in [3.05, 3.63) is 53.2 Å². The maximum atomic E-state index is 14.2. The van der Waals surface area contributed by atoms with Crippen molar-refractivity contribution in [3.63, 3.8) is 0 Å². The molecule has 3 aromatic heterocycles. The maximum absolute atomic E-state index is 14.2. The van der Waals surface area contributed by atoms with Gasteiger partial charge in [-0.2, -0.15) is 9.49 Å². The summed E-state index contributed by atoms with van der Waals surface area (Å²) < 4.78 is 19.3. The molecular weight excluding hydrogens is 357 g/mol. The Morgan fingerprint density at radius 2 is 2.14 bits per heavy atom. The molecule has 3 aromatic rings. The summed E-state index contributed by atoms with van der Waals surface area (Å²) in [6.07, 6.45) is 4.67. The number of nitrogens with zero attached hydrogens (tertiary/aromatic N) is 3.